The summed E-state index contributed by atoms with van der Waals surface area (Å²) in [4.78, 5) is 12.7. The highest BCUT2D eigenvalue weighted by atomic mass is 16.5. The summed E-state index contributed by atoms with van der Waals surface area (Å²) in [7, 11) is 0. The molecule has 0 bridgehead atoms. The van der Waals surface area contributed by atoms with E-state index in [9.17, 15) is 4.79 Å². The molecule has 3 rings (SSSR count). The molecule has 1 aliphatic heterocycles. The lowest BCUT2D eigenvalue weighted by molar-refractivity contribution is -0.137. The van der Waals surface area contributed by atoms with Crippen LogP contribution in [0.2, 0.25) is 0 Å². The number of nitrogens with one attached hydrogen (secondary N) is 2. The fraction of sp³-hybridized carbons (Fsp3) is 0.444. The highest BCUT2D eigenvalue weighted by Gasteiger charge is 2.42. The van der Waals surface area contributed by atoms with Gasteiger partial charge in [0, 0.05) is 11.6 Å². The molecule has 1 aromatic heterocycles. The highest BCUT2D eigenvalue weighted by Crippen LogP contribution is 2.30. The molecule has 0 radical (unpaired) electrons. The summed E-state index contributed by atoms with van der Waals surface area (Å²) in [6.07, 6.45) is 0.686. The summed E-state index contributed by atoms with van der Waals surface area (Å²) in [6.45, 7) is 6.97. The van der Waals surface area contributed by atoms with E-state index < -0.39 is 0 Å². The van der Waals surface area contributed by atoms with Gasteiger partial charge in [-0.1, -0.05) is 37.3 Å². The van der Waals surface area contributed by atoms with Crippen LogP contribution in [0.15, 0.2) is 30.3 Å². The smallest absolute Gasteiger partial charge is 0.224 e. The van der Waals surface area contributed by atoms with Crippen molar-refractivity contribution in [2.75, 3.05) is 13.2 Å². The van der Waals surface area contributed by atoms with E-state index in [4.69, 9.17) is 4.74 Å². The van der Waals surface area contributed by atoms with E-state index in [0.29, 0.717) is 19.6 Å². The van der Waals surface area contributed by atoms with Crippen molar-refractivity contribution in [1.29, 1.82) is 0 Å². The summed E-state index contributed by atoms with van der Waals surface area (Å²) in [5, 5.41) is 10.4. The van der Waals surface area contributed by atoms with Crippen LogP contribution in [-0.2, 0) is 21.5 Å². The molecule has 1 saturated heterocycles. The molecule has 0 aliphatic carbocycles. The molecule has 2 heterocycles. The quantitative estimate of drug-likeness (QED) is 0.889. The summed E-state index contributed by atoms with van der Waals surface area (Å²) >= 11 is 0. The van der Waals surface area contributed by atoms with E-state index in [1.54, 1.807) is 0 Å². The van der Waals surface area contributed by atoms with Crippen molar-refractivity contribution in [1.82, 2.24) is 15.5 Å². The zero-order valence-corrected chi connectivity index (χ0v) is 13.8. The summed E-state index contributed by atoms with van der Waals surface area (Å²) in [5.41, 5.74) is 3.85. The minimum Gasteiger partial charge on any atom is -0.376 e. The molecule has 5 nitrogen and oxygen atoms in total. The standard InChI is InChI=1S/C18H23N3O2/c1-12(9-16-13(2)20-21-14(16)3)17(22)19-18(10-23-11-18)15-7-5-4-6-8-15/h4-8,12H,9-11H2,1-3H3,(H,19,22)(H,20,21). The number of amides is 1. The number of hydrogen-bond acceptors (Lipinski definition) is 3. The van der Waals surface area contributed by atoms with Crippen LogP contribution in [0.5, 0.6) is 0 Å². The average Bonchev–Trinajstić information content (AvgIpc) is 2.83. The van der Waals surface area contributed by atoms with Crippen molar-refractivity contribution < 1.29 is 9.53 Å². The number of rotatable bonds is 5. The van der Waals surface area contributed by atoms with Gasteiger partial charge in [0.05, 0.1) is 18.9 Å². The Morgan fingerprint density at radius 1 is 1.35 bits per heavy atom. The molecule has 1 amide bonds. The summed E-state index contributed by atoms with van der Waals surface area (Å²) in [5.74, 6) is -0.0664. The lowest BCUT2D eigenvalue weighted by Gasteiger charge is -2.43. The van der Waals surface area contributed by atoms with Gasteiger partial charge >= 0.3 is 0 Å². The maximum Gasteiger partial charge on any atom is 0.224 e. The van der Waals surface area contributed by atoms with Gasteiger partial charge in [0.15, 0.2) is 0 Å². The Hall–Kier alpha value is -2.14. The predicted molar refractivity (Wildman–Crippen MR) is 88.0 cm³/mol. The first-order chi connectivity index (χ1) is 11.0. The van der Waals surface area contributed by atoms with Crippen LogP contribution in [0.3, 0.4) is 0 Å². The number of hydrogen-bond donors (Lipinski definition) is 2. The Labute approximate surface area is 136 Å². The molecule has 122 valence electrons. The zero-order valence-electron chi connectivity index (χ0n) is 13.8. The third-order valence-electron chi connectivity index (χ3n) is 4.62. The zero-order chi connectivity index (χ0) is 16.4. The van der Waals surface area contributed by atoms with Crippen molar-refractivity contribution in [3.05, 3.63) is 52.8 Å². The monoisotopic (exact) mass is 313 g/mol. The van der Waals surface area contributed by atoms with E-state index in [2.05, 4.69) is 15.5 Å². The van der Waals surface area contributed by atoms with E-state index in [-0.39, 0.29) is 17.4 Å². The molecule has 1 unspecified atom stereocenters. The van der Waals surface area contributed by atoms with E-state index in [0.717, 1.165) is 22.5 Å². The summed E-state index contributed by atoms with van der Waals surface area (Å²) < 4.78 is 5.39. The van der Waals surface area contributed by atoms with E-state index in [1.165, 1.54) is 0 Å². The number of aryl methyl sites for hydroxylation is 2. The Balaban J connectivity index is 1.71. The molecule has 0 spiro atoms. The Kier molecular flexibility index (Phi) is 4.22. The third-order valence-corrected chi connectivity index (χ3v) is 4.62. The average molecular weight is 313 g/mol. The number of carbonyl (C=O) groups excluding carboxylic acids is 1. The Morgan fingerprint density at radius 3 is 2.57 bits per heavy atom. The van der Waals surface area contributed by atoms with Gasteiger partial charge in [0.25, 0.3) is 0 Å². The molecular formula is C18H23N3O2. The van der Waals surface area contributed by atoms with Crippen molar-refractivity contribution >= 4 is 5.91 Å². The lowest BCUT2D eigenvalue weighted by Crippen LogP contribution is -2.60. The normalized spacial score (nSPS) is 17.3. The maximum absolute atomic E-state index is 12.7. The summed E-state index contributed by atoms with van der Waals surface area (Å²) in [6, 6.07) is 10.0. The first kappa shape index (κ1) is 15.7. The van der Waals surface area contributed by atoms with Crippen LogP contribution < -0.4 is 5.32 Å². The molecule has 5 heteroatoms. The molecule has 1 aromatic carbocycles. The fourth-order valence-electron chi connectivity index (χ4n) is 3.01. The second kappa shape index (κ2) is 6.16. The number of ether oxygens (including phenoxy) is 1. The fourth-order valence-corrected chi connectivity index (χ4v) is 3.01. The van der Waals surface area contributed by atoms with E-state index in [1.807, 2.05) is 51.1 Å². The molecule has 23 heavy (non-hydrogen) atoms. The van der Waals surface area contributed by atoms with Crippen LogP contribution in [0.1, 0.15) is 29.4 Å². The predicted octanol–water partition coefficient (Wildman–Crippen LogP) is 2.25. The van der Waals surface area contributed by atoms with Gasteiger partial charge in [-0.2, -0.15) is 5.10 Å². The molecule has 1 fully saturated rings. The van der Waals surface area contributed by atoms with Crippen molar-refractivity contribution in [3.8, 4) is 0 Å². The number of H-pyrrole nitrogens is 1. The second-order valence-electron chi connectivity index (χ2n) is 6.45. The van der Waals surface area contributed by atoms with Crippen molar-refractivity contribution in [2.45, 2.75) is 32.7 Å². The number of aromatic amines is 1. The first-order valence-corrected chi connectivity index (χ1v) is 7.97. The van der Waals surface area contributed by atoms with Gasteiger partial charge in [-0.15, -0.1) is 0 Å². The van der Waals surface area contributed by atoms with Crippen LogP contribution in [0, 0.1) is 19.8 Å². The van der Waals surface area contributed by atoms with Crippen LogP contribution >= 0.6 is 0 Å². The van der Waals surface area contributed by atoms with Gasteiger partial charge in [0.2, 0.25) is 5.91 Å². The molecule has 2 aromatic rings. The second-order valence-corrected chi connectivity index (χ2v) is 6.45. The SMILES string of the molecule is Cc1n[nH]c(C)c1CC(C)C(=O)NC1(c2ccccc2)COC1. The molecule has 1 aliphatic rings. The van der Waals surface area contributed by atoms with E-state index >= 15 is 0 Å². The van der Waals surface area contributed by atoms with Gasteiger partial charge in [-0.25, -0.2) is 0 Å². The topological polar surface area (TPSA) is 67.0 Å². The number of aromatic nitrogens is 2. The molecule has 0 saturated carbocycles. The minimum absolute atomic E-state index is 0.0529. The minimum atomic E-state index is -0.382. The third kappa shape index (κ3) is 3.01. The van der Waals surface area contributed by atoms with Gasteiger partial charge in [0.1, 0.15) is 5.54 Å². The lowest BCUT2D eigenvalue weighted by atomic mass is 9.87. The van der Waals surface area contributed by atoms with Gasteiger partial charge in [-0.3, -0.25) is 9.89 Å². The van der Waals surface area contributed by atoms with Gasteiger partial charge in [-0.05, 0) is 31.4 Å². The molecule has 2 N–H and O–H groups in total. The number of nitrogens with zero attached hydrogens (tertiary/aromatic N) is 1. The first-order valence-electron chi connectivity index (χ1n) is 7.97. The van der Waals surface area contributed by atoms with Crippen molar-refractivity contribution in [2.24, 2.45) is 5.92 Å². The van der Waals surface area contributed by atoms with Crippen LogP contribution in [0.4, 0.5) is 0 Å². The Bertz CT molecular complexity index is 670. The van der Waals surface area contributed by atoms with Crippen LogP contribution in [-0.4, -0.2) is 29.3 Å². The Morgan fingerprint density at radius 2 is 2.04 bits per heavy atom. The maximum atomic E-state index is 12.7. The highest BCUT2D eigenvalue weighted by molar-refractivity contribution is 5.80. The largest absolute Gasteiger partial charge is 0.376 e. The van der Waals surface area contributed by atoms with Gasteiger partial charge < -0.3 is 10.1 Å². The van der Waals surface area contributed by atoms with Crippen molar-refractivity contribution in [3.63, 3.8) is 0 Å². The number of benzene rings is 1. The molecular weight excluding hydrogens is 290 g/mol. The number of carbonyl (C=O) groups is 1. The van der Waals surface area contributed by atoms with Crippen LogP contribution in [0.25, 0.3) is 0 Å². The molecule has 1 atom stereocenters.